The van der Waals surface area contributed by atoms with Crippen LogP contribution in [0.1, 0.15) is 62.4 Å². The van der Waals surface area contributed by atoms with Crippen LogP contribution in [0.3, 0.4) is 0 Å². The van der Waals surface area contributed by atoms with Crippen LogP contribution in [-0.2, 0) is 6.18 Å². The van der Waals surface area contributed by atoms with Gasteiger partial charge in [-0.25, -0.2) is 9.37 Å². The maximum Gasteiger partial charge on any atom is 0.417 e. The zero-order valence-electron chi connectivity index (χ0n) is 25.0. The van der Waals surface area contributed by atoms with E-state index in [1.807, 2.05) is 63.4 Å². The summed E-state index contributed by atoms with van der Waals surface area (Å²) in [6.07, 6.45) is -1.62. The van der Waals surface area contributed by atoms with Gasteiger partial charge in [0.25, 0.3) is 0 Å². The average Bonchev–Trinajstić information content (AvgIpc) is 3.43. The van der Waals surface area contributed by atoms with Crippen molar-refractivity contribution >= 4 is 28.0 Å². The zero-order valence-corrected chi connectivity index (χ0v) is 25.0. The first kappa shape index (κ1) is 30.3. The number of fused-ring (bicyclic) bond motifs is 1. The topological polar surface area (TPSA) is 53.5 Å². The molecule has 0 unspecified atom stereocenters. The molecule has 5 rings (SSSR count). The monoisotopic (exact) mass is 592 g/mol. The van der Waals surface area contributed by atoms with Crippen molar-refractivity contribution in [3.63, 3.8) is 0 Å². The number of hydrogen-bond donors (Lipinski definition) is 1. The van der Waals surface area contributed by atoms with Gasteiger partial charge in [-0.15, -0.1) is 0 Å². The minimum atomic E-state index is -4.67. The number of halogens is 4. The highest BCUT2D eigenvalue weighted by Gasteiger charge is 2.33. The molecule has 5 nitrogen and oxygen atoms in total. The van der Waals surface area contributed by atoms with Crippen LogP contribution in [-0.4, -0.2) is 35.4 Å². The SMILES string of the molecule is C/C(=C1/CN(c2ncc(C(F)(F)F)cc2F)CC/C1=N/[C@@H](C)c1c(C)cccc1OCC(C)C)c1ccc2[nH]ccc2c1. The Bertz CT molecular complexity index is 1690. The summed E-state index contributed by atoms with van der Waals surface area (Å²) in [6, 6.07) is 14.4. The van der Waals surface area contributed by atoms with Gasteiger partial charge in [0.2, 0.25) is 0 Å². The molecule has 4 aromatic rings. The number of aryl methyl sites for hydroxylation is 1. The van der Waals surface area contributed by atoms with Crippen LogP contribution in [0, 0.1) is 18.7 Å². The lowest BCUT2D eigenvalue weighted by atomic mass is 9.92. The minimum Gasteiger partial charge on any atom is -0.493 e. The molecule has 3 heterocycles. The van der Waals surface area contributed by atoms with Gasteiger partial charge >= 0.3 is 6.18 Å². The van der Waals surface area contributed by atoms with E-state index in [4.69, 9.17) is 9.73 Å². The van der Waals surface area contributed by atoms with Gasteiger partial charge in [0.1, 0.15) is 5.75 Å². The second-order valence-corrected chi connectivity index (χ2v) is 11.5. The first-order valence-corrected chi connectivity index (χ1v) is 14.5. The fourth-order valence-corrected chi connectivity index (χ4v) is 5.56. The molecule has 226 valence electrons. The van der Waals surface area contributed by atoms with Crippen LogP contribution in [0.15, 0.2) is 71.5 Å². The predicted octanol–water partition coefficient (Wildman–Crippen LogP) is 8.95. The lowest BCUT2D eigenvalue weighted by Crippen LogP contribution is -2.37. The van der Waals surface area contributed by atoms with E-state index in [-0.39, 0.29) is 18.4 Å². The molecule has 0 amide bonds. The standard InChI is InChI=1S/C34H36F4N4O/c1-20(2)19-43-31-8-6-7-21(3)32(31)23(5)41-30-12-14-42(33-28(35)16-26(17-40-33)34(36,37)38)18-27(30)22(4)24-9-10-29-25(15-24)11-13-39-29/h6-11,13,15-17,20,23,39H,12,14,18-19H2,1-5H3/b27-22+,41-30-/t23-/m0/s1. The summed E-state index contributed by atoms with van der Waals surface area (Å²) < 4.78 is 60.8. The largest absolute Gasteiger partial charge is 0.493 e. The van der Waals surface area contributed by atoms with Crippen LogP contribution in [0.5, 0.6) is 5.75 Å². The van der Waals surface area contributed by atoms with E-state index in [2.05, 4.69) is 29.9 Å². The molecule has 1 aliphatic rings. The number of pyridine rings is 1. The molecule has 0 saturated carbocycles. The molecular formula is C34H36F4N4O. The number of piperidine rings is 1. The van der Waals surface area contributed by atoms with E-state index in [1.165, 1.54) is 0 Å². The number of rotatable bonds is 7. The summed E-state index contributed by atoms with van der Waals surface area (Å²) in [5, 5.41) is 1.05. The van der Waals surface area contributed by atoms with E-state index in [0.29, 0.717) is 37.8 Å². The van der Waals surface area contributed by atoms with Crippen molar-refractivity contribution in [3.8, 4) is 5.75 Å². The smallest absolute Gasteiger partial charge is 0.417 e. The van der Waals surface area contributed by atoms with Gasteiger partial charge in [-0.1, -0.05) is 32.0 Å². The lowest BCUT2D eigenvalue weighted by Gasteiger charge is -2.33. The van der Waals surface area contributed by atoms with Crippen molar-refractivity contribution in [2.75, 3.05) is 24.6 Å². The van der Waals surface area contributed by atoms with Crippen LogP contribution in [0.25, 0.3) is 16.5 Å². The number of nitrogens with zero attached hydrogens (tertiary/aromatic N) is 3. The number of aromatic nitrogens is 2. The molecule has 0 aliphatic carbocycles. The van der Waals surface area contributed by atoms with Gasteiger partial charge in [0.05, 0.1) is 18.2 Å². The second kappa shape index (κ2) is 12.2. The highest BCUT2D eigenvalue weighted by molar-refractivity contribution is 6.08. The summed E-state index contributed by atoms with van der Waals surface area (Å²) in [5.74, 6) is 0.0724. The number of H-pyrrole nitrogens is 1. The van der Waals surface area contributed by atoms with E-state index in [0.717, 1.165) is 50.2 Å². The molecule has 2 aromatic carbocycles. The Balaban J connectivity index is 1.56. The van der Waals surface area contributed by atoms with Crippen LogP contribution >= 0.6 is 0 Å². The number of allylic oxidation sites excluding steroid dienone is 1. The van der Waals surface area contributed by atoms with Crippen molar-refractivity contribution in [1.29, 1.82) is 0 Å². The van der Waals surface area contributed by atoms with Gasteiger partial charge < -0.3 is 14.6 Å². The number of ether oxygens (including phenoxy) is 1. The average molecular weight is 593 g/mol. The Labute approximate surface area is 249 Å². The van der Waals surface area contributed by atoms with Crippen molar-refractivity contribution < 1.29 is 22.3 Å². The molecule has 0 spiro atoms. The lowest BCUT2D eigenvalue weighted by molar-refractivity contribution is -0.138. The normalized spacial score (nSPS) is 17.2. The van der Waals surface area contributed by atoms with Gasteiger partial charge in [0.15, 0.2) is 11.6 Å². The molecule has 9 heteroatoms. The molecule has 1 saturated heterocycles. The second-order valence-electron chi connectivity index (χ2n) is 11.5. The van der Waals surface area contributed by atoms with Gasteiger partial charge in [-0.3, -0.25) is 4.99 Å². The number of anilines is 1. The van der Waals surface area contributed by atoms with Gasteiger partial charge in [-0.05, 0) is 84.7 Å². The summed E-state index contributed by atoms with van der Waals surface area (Å²) in [4.78, 5) is 14.0. The van der Waals surface area contributed by atoms with Gasteiger partial charge in [-0.2, -0.15) is 13.2 Å². The molecule has 2 aromatic heterocycles. The molecule has 0 bridgehead atoms. The van der Waals surface area contributed by atoms with Crippen LogP contribution in [0.2, 0.25) is 0 Å². The van der Waals surface area contributed by atoms with Crippen LogP contribution < -0.4 is 9.64 Å². The van der Waals surface area contributed by atoms with E-state index < -0.39 is 17.6 Å². The molecule has 1 aliphatic heterocycles. The Morgan fingerprint density at radius 2 is 1.91 bits per heavy atom. The van der Waals surface area contributed by atoms with Crippen LogP contribution in [0.4, 0.5) is 23.4 Å². The first-order chi connectivity index (χ1) is 20.4. The molecule has 0 radical (unpaired) electrons. The fraction of sp³-hybridized carbons (Fsp3) is 0.353. The number of nitrogens with one attached hydrogen (secondary N) is 1. The highest BCUT2D eigenvalue weighted by atomic mass is 19.4. The Morgan fingerprint density at radius 1 is 1.12 bits per heavy atom. The molecular weight excluding hydrogens is 556 g/mol. The van der Waals surface area contributed by atoms with Crippen molar-refractivity contribution in [2.45, 2.75) is 53.3 Å². The van der Waals surface area contributed by atoms with Crippen molar-refractivity contribution in [1.82, 2.24) is 9.97 Å². The first-order valence-electron chi connectivity index (χ1n) is 14.5. The quantitative estimate of drug-likeness (QED) is 0.218. The predicted molar refractivity (Wildman–Crippen MR) is 164 cm³/mol. The number of benzene rings is 2. The van der Waals surface area contributed by atoms with Gasteiger partial charge in [0, 0.05) is 48.7 Å². The van der Waals surface area contributed by atoms with E-state index >= 15 is 4.39 Å². The number of aromatic amines is 1. The molecule has 43 heavy (non-hydrogen) atoms. The Hall–Kier alpha value is -4.14. The number of hydrogen-bond acceptors (Lipinski definition) is 4. The summed E-state index contributed by atoms with van der Waals surface area (Å²) in [7, 11) is 0. The third kappa shape index (κ3) is 6.60. The van der Waals surface area contributed by atoms with Crippen molar-refractivity contribution in [2.24, 2.45) is 10.9 Å². The summed E-state index contributed by atoms with van der Waals surface area (Å²) >= 11 is 0. The molecule has 1 fully saturated rings. The minimum absolute atomic E-state index is 0.102. The Kier molecular flexibility index (Phi) is 8.62. The molecule has 1 atom stereocenters. The maximum absolute atomic E-state index is 15.0. The fourth-order valence-electron chi connectivity index (χ4n) is 5.56. The Morgan fingerprint density at radius 3 is 2.63 bits per heavy atom. The van der Waals surface area contributed by atoms with Crippen molar-refractivity contribution in [3.05, 3.63) is 94.6 Å². The highest BCUT2D eigenvalue weighted by Crippen LogP contribution is 2.36. The number of aliphatic imine (C=N–C) groups is 1. The summed E-state index contributed by atoms with van der Waals surface area (Å²) in [6.45, 7) is 11.5. The number of alkyl halides is 3. The maximum atomic E-state index is 15.0. The zero-order chi connectivity index (χ0) is 30.9. The summed E-state index contributed by atoms with van der Waals surface area (Å²) in [5.41, 5.74) is 5.72. The third-order valence-electron chi connectivity index (χ3n) is 7.83. The van der Waals surface area contributed by atoms with E-state index in [1.54, 1.807) is 4.90 Å². The van der Waals surface area contributed by atoms with E-state index in [9.17, 15) is 13.2 Å². The molecule has 1 N–H and O–H groups in total. The third-order valence-corrected chi connectivity index (χ3v) is 7.83.